The molecule has 1 heterocycles. The first kappa shape index (κ1) is 17.2. The Labute approximate surface area is 142 Å². The highest BCUT2D eigenvalue weighted by Crippen LogP contribution is 2.38. The van der Waals surface area contributed by atoms with Gasteiger partial charge >= 0.3 is 0 Å². The Morgan fingerprint density at radius 3 is 2.12 bits per heavy atom. The predicted molar refractivity (Wildman–Crippen MR) is 88.1 cm³/mol. The zero-order valence-corrected chi connectivity index (χ0v) is 13.8. The SMILES string of the molecule is COc1cc(F)c([N+]2(C)C=C(c3ccc(F)c(F)c3)C(C)=N2)c(F)c1. The molecule has 1 atom stereocenters. The van der Waals surface area contributed by atoms with Crippen LogP contribution in [0.25, 0.3) is 5.57 Å². The molecule has 0 aliphatic carbocycles. The zero-order valence-electron chi connectivity index (χ0n) is 13.8. The van der Waals surface area contributed by atoms with Crippen molar-refractivity contribution in [3.63, 3.8) is 0 Å². The Kier molecular flexibility index (Phi) is 4.12. The average Bonchev–Trinajstić information content (AvgIpc) is 2.84. The van der Waals surface area contributed by atoms with Crippen molar-refractivity contribution in [3.8, 4) is 5.75 Å². The van der Waals surface area contributed by atoms with E-state index < -0.39 is 27.9 Å². The van der Waals surface area contributed by atoms with Crippen LogP contribution in [0.3, 0.4) is 0 Å². The minimum Gasteiger partial charge on any atom is -0.497 e. The second-order valence-corrected chi connectivity index (χ2v) is 5.82. The maximum atomic E-state index is 14.4. The van der Waals surface area contributed by atoms with E-state index in [9.17, 15) is 17.6 Å². The van der Waals surface area contributed by atoms with Crippen LogP contribution in [-0.2, 0) is 0 Å². The highest BCUT2D eigenvalue weighted by Gasteiger charge is 2.38. The van der Waals surface area contributed by atoms with E-state index in [1.54, 1.807) is 6.92 Å². The van der Waals surface area contributed by atoms with E-state index >= 15 is 0 Å². The van der Waals surface area contributed by atoms with E-state index in [4.69, 9.17) is 4.74 Å². The maximum absolute atomic E-state index is 14.4. The quantitative estimate of drug-likeness (QED) is 0.584. The largest absolute Gasteiger partial charge is 0.497 e. The highest BCUT2D eigenvalue weighted by atomic mass is 19.2. The number of allylic oxidation sites excluding steroid dienone is 1. The third kappa shape index (κ3) is 2.91. The van der Waals surface area contributed by atoms with Gasteiger partial charge in [0.1, 0.15) is 24.7 Å². The van der Waals surface area contributed by atoms with Gasteiger partial charge in [-0.25, -0.2) is 17.6 Å². The number of benzene rings is 2. The number of halogens is 4. The van der Waals surface area contributed by atoms with Crippen molar-refractivity contribution >= 4 is 17.0 Å². The van der Waals surface area contributed by atoms with Gasteiger partial charge in [0.05, 0.1) is 12.7 Å². The zero-order chi connectivity index (χ0) is 18.4. The van der Waals surface area contributed by atoms with Gasteiger partial charge in [-0.15, -0.1) is 4.59 Å². The summed E-state index contributed by atoms with van der Waals surface area (Å²) in [4.78, 5) is 0. The van der Waals surface area contributed by atoms with Gasteiger partial charge in [0.25, 0.3) is 0 Å². The van der Waals surface area contributed by atoms with E-state index in [0.717, 1.165) is 24.3 Å². The van der Waals surface area contributed by atoms with Gasteiger partial charge in [0, 0.05) is 12.1 Å². The van der Waals surface area contributed by atoms with Crippen LogP contribution in [0.4, 0.5) is 23.2 Å². The van der Waals surface area contributed by atoms with Gasteiger partial charge in [-0.3, -0.25) is 0 Å². The molecule has 2 aromatic carbocycles. The lowest BCUT2D eigenvalue weighted by molar-refractivity contribution is 0.394. The first-order valence-electron chi connectivity index (χ1n) is 7.40. The van der Waals surface area contributed by atoms with Crippen LogP contribution in [0.1, 0.15) is 12.5 Å². The van der Waals surface area contributed by atoms with Crippen LogP contribution < -0.4 is 9.33 Å². The summed E-state index contributed by atoms with van der Waals surface area (Å²) >= 11 is 0. The number of nitrogens with zero attached hydrogens (tertiary/aromatic N) is 2. The van der Waals surface area contributed by atoms with Crippen molar-refractivity contribution in [1.82, 2.24) is 4.59 Å². The number of rotatable bonds is 3. The van der Waals surface area contributed by atoms with Crippen molar-refractivity contribution in [2.75, 3.05) is 14.2 Å². The molecule has 0 saturated carbocycles. The van der Waals surface area contributed by atoms with E-state index in [1.807, 2.05) is 0 Å². The van der Waals surface area contributed by atoms with Crippen LogP contribution in [0.15, 0.2) is 41.6 Å². The summed E-state index contributed by atoms with van der Waals surface area (Å²) in [5, 5.41) is 4.30. The van der Waals surface area contributed by atoms with Gasteiger partial charge in [0.15, 0.2) is 23.3 Å². The molecule has 1 unspecified atom stereocenters. The second kappa shape index (κ2) is 6.00. The van der Waals surface area contributed by atoms with Crippen LogP contribution in [0.5, 0.6) is 5.75 Å². The number of methoxy groups -OCH3 is 1. The maximum Gasteiger partial charge on any atom is 0.236 e. The summed E-state index contributed by atoms with van der Waals surface area (Å²) in [5.41, 5.74) is 0.994. The standard InChI is InChI=1S/C18H15F4N2O/c1-10-13(11-4-5-14(19)15(20)6-11)9-24(2,23-10)18-16(21)7-12(25-3)8-17(18)22/h4-9H,1-3H3/q+1. The van der Waals surface area contributed by atoms with E-state index in [0.29, 0.717) is 16.8 Å². The van der Waals surface area contributed by atoms with Crippen molar-refractivity contribution in [2.45, 2.75) is 6.92 Å². The minimum atomic E-state index is -1.01. The van der Waals surface area contributed by atoms with E-state index in [-0.39, 0.29) is 11.4 Å². The molecule has 3 rings (SSSR count). The molecule has 0 radical (unpaired) electrons. The number of ether oxygens (including phenoxy) is 1. The predicted octanol–water partition coefficient (Wildman–Crippen LogP) is 4.62. The fraction of sp³-hybridized carbons (Fsp3) is 0.167. The van der Waals surface area contributed by atoms with Crippen LogP contribution in [0, 0.1) is 23.3 Å². The monoisotopic (exact) mass is 351 g/mol. The molecule has 0 spiro atoms. The molecule has 25 heavy (non-hydrogen) atoms. The Hall–Kier alpha value is -2.67. The molecule has 7 heteroatoms. The molecule has 0 saturated heterocycles. The van der Waals surface area contributed by atoms with Crippen molar-refractivity contribution < 1.29 is 22.3 Å². The van der Waals surface area contributed by atoms with Gasteiger partial charge in [-0.1, -0.05) is 11.2 Å². The highest BCUT2D eigenvalue weighted by molar-refractivity contribution is 6.24. The van der Waals surface area contributed by atoms with E-state index in [2.05, 4.69) is 5.10 Å². The normalized spacial score (nSPS) is 19.6. The number of quaternary nitrogens is 1. The fourth-order valence-electron chi connectivity index (χ4n) is 2.89. The van der Waals surface area contributed by atoms with Crippen molar-refractivity contribution in [1.29, 1.82) is 0 Å². The molecule has 130 valence electrons. The molecule has 0 bridgehead atoms. The van der Waals surface area contributed by atoms with E-state index in [1.165, 1.54) is 26.4 Å². The fourth-order valence-corrected chi connectivity index (χ4v) is 2.89. The minimum absolute atomic E-state index is 0.0510. The van der Waals surface area contributed by atoms with Crippen LogP contribution in [0.2, 0.25) is 0 Å². The lowest BCUT2D eigenvalue weighted by Crippen LogP contribution is -2.32. The lowest BCUT2D eigenvalue weighted by atomic mass is 10.0. The third-order valence-corrected chi connectivity index (χ3v) is 4.04. The Balaban J connectivity index is 2.12. The average molecular weight is 351 g/mol. The summed E-state index contributed by atoms with van der Waals surface area (Å²) < 4.78 is 59.8. The van der Waals surface area contributed by atoms with Crippen LogP contribution >= 0.6 is 0 Å². The van der Waals surface area contributed by atoms with Gasteiger partial charge in [-0.2, -0.15) is 0 Å². The summed E-state index contributed by atoms with van der Waals surface area (Å²) in [7, 11) is 2.80. The molecule has 2 aromatic rings. The first-order chi connectivity index (χ1) is 11.7. The Morgan fingerprint density at radius 2 is 1.56 bits per heavy atom. The second-order valence-electron chi connectivity index (χ2n) is 5.82. The van der Waals surface area contributed by atoms with Gasteiger partial charge in [0.2, 0.25) is 5.69 Å². The molecular weight excluding hydrogens is 336 g/mol. The first-order valence-corrected chi connectivity index (χ1v) is 7.40. The number of hydrogen-bond acceptors (Lipinski definition) is 2. The molecule has 0 fully saturated rings. The molecule has 0 N–H and O–H groups in total. The molecule has 0 amide bonds. The molecular formula is C18H15F4N2O+. The molecule has 1 aliphatic rings. The molecule has 1 aliphatic heterocycles. The summed E-state index contributed by atoms with van der Waals surface area (Å²) in [6, 6.07) is 5.54. The lowest BCUT2D eigenvalue weighted by Gasteiger charge is -2.21. The third-order valence-electron chi connectivity index (χ3n) is 4.04. The topological polar surface area (TPSA) is 21.6 Å². The molecule has 0 aromatic heterocycles. The van der Waals surface area contributed by atoms with Gasteiger partial charge in [-0.05, 0) is 24.6 Å². The van der Waals surface area contributed by atoms with Crippen molar-refractivity contribution in [3.05, 3.63) is 65.4 Å². The van der Waals surface area contributed by atoms with Crippen LogP contribution in [-0.4, -0.2) is 19.9 Å². The summed E-state index contributed by atoms with van der Waals surface area (Å²) in [6.07, 6.45) is 1.48. The van der Waals surface area contributed by atoms with Crippen molar-refractivity contribution in [2.24, 2.45) is 5.10 Å². The number of hydrogen-bond donors (Lipinski definition) is 0. The Morgan fingerprint density at radius 1 is 0.920 bits per heavy atom. The summed E-state index contributed by atoms with van der Waals surface area (Å²) in [6.45, 7) is 1.63. The Bertz CT molecular complexity index is 900. The summed E-state index contributed by atoms with van der Waals surface area (Å²) in [5.74, 6) is -3.57. The van der Waals surface area contributed by atoms with Gasteiger partial charge < -0.3 is 4.74 Å². The molecule has 3 nitrogen and oxygen atoms in total. The smallest absolute Gasteiger partial charge is 0.236 e.